The van der Waals surface area contributed by atoms with Gasteiger partial charge in [-0.25, -0.2) is 4.79 Å². The van der Waals surface area contributed by atoms with Crippen LogP contribution in [0.25, 0.3) is 0 Å². The molecule has 2 aromatic rings. The van der Waals surface area contributed by atoms with Crippen LogP contribution in [0, 0.1) is 0 Å². The predicted molar refractivity (Wildman–Crippen MR) is 99.0 cm³/mol. The molecule has 0 spiro atoms. The number of urea groups is 1. The Kier molecular flexibility index (Phi) is 6.94. The quantitative estimate of drug-likeness (QED) is 0.702. The number of amides is 2. The summed E-state index contributed by atoms with van der Waals surface area (Å²) in [5.74, 6) is 0.883. The molecule has 5 heteroatoms. The molecule has 2 aromatic carbocycles. The molecule has 2 amide bonds. The SMILES string of the molecule is CC(C)Oc1cccc(CCCNC(=O)Nc2cccc(Cl)c2)c1. The van der Waals surface area contributed by atoms with Crippen molar-refractivity contribution >= 4 is 23.3 Å². The van der Waals surface area contributed by atoms with E-state index in [1.54, 1.807) is 24.3 Å². The van der Waals surface area contributed by atoms with Gasteiger partial charge in [0.15, 0.2) is 0 Å². The zero-order valence-electron chi connectivity index (χ0n) is 14.0. The van der Waals surface area contributed by atoms with Gasteiger partial charge in [0.05, 0.1) is 6.10 Å². The van der Waals surface area contributed by atoms with E-state index in [9.17, 15) is 4.79 Å². The molecule has 2 rings (SSSR count). The van der Waals surface area contributed by atoms with E-state index in [0.29, 0.717) is 17.3 Å². The molecule has 2 N–H and O–H groups in total. The van der Waals surface area contributed by atoms with Crippen LogP contribution in [0.2, 0.25) is 5.02 Å². The maximum absolute atomic E-state index is 11.8. The average Bonchev–Trinajstić information content (AvgIpc) is 2.51. The Morgan fingerprint density at radius 1 is 1.17 bits per heavy atom. The summed E-state index contributed by atoms with van der Waals surface area (Å²) in [4.78, 5) is 11.8. The van der Waals surface area contributed by atoms with Gasteiger partial charge in [-0.1, -0.05) is 29.8 Å². The van der Waals surface area contributed by atoms with Gasteiger partial charge in [-0.3, -0.25) is 0 Å². The van der Waals surface area contributed by atoms with Crippen LogP contribution in [0.5, 0.6) is 5.75 Å². The second-order valence-corrected chi connectivity index (χ2v) is 6.25. The van der Waals surface area contributed by atoms with E-state index in [4.69, 9.17) is 16.3 Å². The summed E-state index contributed by atoms with van der Waals surface area (Å²) in [6.45, 7) is 4.62. The molecule has 0 fully saturated rings. The molecule has 0 aromatic heterocycles. The molecule has 0 atom stereocenters. The van der Waals surface area contributed by atoms with Gasteiger partial charge in [0.2, 0.25) is 0 Å². The van der Waals surface area contributed by atoms with Gasteiger partial charge in [0.1, 0.15) is 5.75 Å². The van der Waals surface area contributed by atoms with Crippen LogP contribution >= 0.6 is 11.6 Å². The van der Waals surface area contributed by atoms with Crippen molar-refractivity contribution in [3.8, 4) is 5.75 Å². The first kappa shape index (κ1) is 18.1. The number of halogens is 1. The lowest BCUT2D eigenvalue weighted by molar-refractivity contribution is 0.242. The third-order valence-corrected chi connectivity index (χ3v) is 3.52. The summed E-state index contributed by atoms with van der Waals surface area (Å²) in [5, 5.41) is 6.19. The molecule has 0 unspecified atom stereocenters. The molecule has 24 heavy (non-hydrogen) atoms. The van der Waals surface area contributed by atoms with Crippen LogP contribution in [0.1, 0.15) is 25.8 Å². The highest BCUT2D eigenvalue weighted by Gasteiger charge is 2.03. The van der Waals surface area contributed by atoms with Crippen LogP contribution < -0.4 is 15.4 Å². The van der Waals surface area contributed by atoms with Crippen molar-refractivity contribution in [1.29, 1.82) is 0 Å². The molecule has 0 heterocycles. The maximum Gasteiger partial charge on any atom is 0.319 e. The highest BCUT2D eigenvalue weighted by atomic mass is 35.5. The van der Waals surface area contributed by atoms with Crippen molar-refractivity contribution in [2.45, 2.75) is 32.8 Å². The Bertz CT molecular complexity index is 674. The van der Waals surface area contributed by atoms with Gasteiger partial charge in [-0.2, -0.15) is 0 Å². The summed E-state index contributed by atoms with van der Waals surface area (Å²) in [6, 6.07) is 14.9. The minimum atomic E-state index is -0.228. The Morgan fingerprint density at radius 2 is 1.96 bits per heavy atom. The summed E-state index contributed by atoms with van der Waals surface area (Å²) in [6.07, 6.45) is 1.90. The fraction of sp³-hybridized carbons (Fsp3) is 0.316. The van der Waals surface area contributed by atoms with Crippen LogP contribution in [-0.2, 0) is 6.42 Å². The number of aryl methyl sites for hydroxylation is 1. The number of ether oxygens (including phenoxy) is 1. The number of benzene rings is 2. The van der Waals surface area contributed by atoms with E-state index in [2.05, 4.69) is 16.7 Å². The zero-order valence-corrected chi connectivity index (χ0v) is 14.8. The molecule has 0 radical (unpaired) electrons. The van der Waals surface area contributed by atoms with Gasteiger partial charge in [-0.15, -0.1) is 0 Å². The number of carbonyl (C=O) groups excluding carboxylic acids is 1. The lowest BCUT2D eigenvalue weighted by Gasteiger charge is -2.11. The van der Waals surface area contributed by atoms with Gasteiger partial charge >= 0.3 is 6.03 Å². The zero-order chi connectivity index (χ0) is 17.4. The van der Waals surface area contributed by atoms with Crippen molar-refractivity contribution in [1.82, 2.24) is 5.32 Å². The Hall–Kier alpha value is -2.20. The van der Waals surface area contributed by atoms with E-state index in [-0.39, 0.29) is 12.1 Å². The third-order valence-electron chi connectivity index (χ3n) is 3.28. The number of hydrogen-bond donors (Lipinski definition) is 2. The van der Waals surface area contributed by atoms with Crippen molar-refractivity contribution in [3.05, 3.63) is 59.1 Å². The number of rotatable bonds is 7. The first-order chi connectivity index (χ1) is 11.5. The molecule has 128 valence electrons. The van der Waals surface area contributed by atoms with E-state index < -0.39 is 0 Å². The summed E-state index contributed by atoms with van der Waals surface area (Å²) < 4.78 is 5.68. The van der Waals surface area contributed by atoms with E-state index in [0.717, 1.165) is 18.6 Å². The fourth-order valence-electron chi connectivity index (χ4n) is 2.28. The van der Waals surface area contributed by atoms with Gasteiger partial charge in [0, 0.05) is 17.3 Å². The number of nitrogens with one attached hydrogen (secondary N) is 2. The van der Waals surface area contributed by atoms with Crippen molar-refractivity contribution in [2.24, 2.45) is 0 Å². The number of carbonyl (C=O) groups is 1. The molecule has 0 aliphatic carbocycles. The Morgan fingerprint density at radius 3 is 2.71 bits per heavy atom. The summed E-state index contributed by atoms with van der Waals surface area (Å²) >= 11 is 5.89. The van der Waals surface area contributed by atoms with E-state index >= 15 is 0 Å². The smallest absolute Gasteiger partial charge is 0.319 e. The molecule has 0 saturated heterocycles. The molecule has 0 bridgehead atoms. The summed E-state index contributed by atoms with van der Waals surface area (Å²) in [7, 11) is 0. The lowest BCUT2D eigenvalue weighted by Crippen LogP contribution is -2.29. The third kappa shape index (κ3) is 6.50. The highest BCUT2D eigenvalue weighted by molar-refractivity contribution is 6.30. The van der Waals surface area contributed by atoms with Crippen LogP contribution in [0.4, 0.5) is 10.5 Å². The predicted octanol–water partition coefficient (Wildman–Crippen LogP) is 4.88. The standard InChI is InChI=1S/C19H23ClN2O2/c1-14(2)24-18-10-3-6-15(12-18)7-5-11-21-19(23)22-17-9-4-8-16(20)13-17/h3-4,6,8-10,12-14H,5,7,11H2,1-2H3,(H2,21,22,23). The fourth-order valence-corrected chi connectivity index (χ4v) is 2.47. The molecule has 4 nitrogen and oxygen atoms in total. The maximum atomic E-state index is 11.8. The largest absolute Gasteiger partial charge is 0.491 e. The monoisotopic (exact) mass is 346 g/mol. The Balaban J connectivity index is 1.71. The minimum absolute atomic E-state index is 0.164. The molecule has 0 aliphatic rings. The van der Waals surface area contributed by atoms with Crippen molar-refractivity contribution in [3.63, 3.8) is 0 Å². The van der Waals surface area contributed by atoms with Crippen LogP contribution in [0.3, 0.4) is 0 Å². The Labute approximate surface area is 148 Å². The first-order valence-electron chi connectivity index (χ1n) is 8.09. The van der Waals surface area contributed by atoms with Crippen LogP contribution in [-0.4, -0.2) is 18.7 Å². The van der Waals surface area contributed by atoms with Crippen molar-refractivity contribution < 1.29 is 9.53 Å². The normalized spacial score (nSPS) is 10.5. The topological polar surface area (TPSA) is 50.4 Å². The van der Waals surface area contributed by atoms with Crippen molar-refractivity contribution in [2.75, 3.05) is 11.9 Å². The van der Waals surface area contributed by atoms with E-state index in [1.807, 2.05) is 32.0 Å². The molecular formula is C19H23ClN2O2. The minimum Gasteiger partial charge on any atom is -0.491 e. The first-order valence-corrected chi connectivity index (χ1v) is 8.47. The molecule has 0 saturated carbocycles. The lowest BCUT2D eigenvalue weighted by atomic mass is 10.1. The average molecular weight is 347 g/mol. The van der Waals surface area contributed by atoms with Gasteiger partial charge < -0.3 is 15.4 Å². The second-order valence-electron chi connectivity index (χ2n) is 5.81. The number of hydrogen-bond acceptors (Lipinski definition) is 2. The van der Waals surface area contributed by atoms with Gasteiger partial charge in [0.25, 0.3) is 0 Å². The number of anilines is 1. The summed E-state index contributed by atoms with van der Waals surface area (Å²) in [5.41, 5.74) is 1.88. The highest BCUT2D eigenvalue weighted by Crippen LogP contribution is 2.16. The van der Waals surface area contributed by atoms with E-state index in [1.165, 1.54) is 5.56 Å². The molecule has 0 aliphatic heterocycles. The van der Waals surface area contributed by atoms with Gasteiger partial charge in [-0.05, 0) is 62.6 Å². The van der Waals surface area contributed by atoms with Crippen LogP contribution in [0.15, 0.2) is 48.5 Å². The molecular weight excluding hydrogens is 324 g/mol. The second kappa shape index (κ2) is 9.18.